The van der Waals surface area contributed by atoms with Crippen LogP contribution in [0.15, 0.2) is 21.5 Å². The van der Waals surface area contributed by atoms with Crippen molar-refractivity contribution in [3.63, 3.8) is 0 Å². The zero-order valence-electron chi connectivity index (χ0n) is 13.7. The van der Waals surface area contributed by atoms with Crippen molar-refractivity contribution in [3.8, 4) is 11.8 Å². The van der Waals surface area contributed by atoms with Gasteiger partial charge >= 0.3 is 5.97 Å². The Labute approximate surface area is 128 Å². The van der Waals surface area contributed by atoms with E-state index < -0.39 is 0 Å². The fraction of sp³-hybridized carbons (Fsp3) is 0.588. The second kappa shape index (κ2) is 8.92. The Bertz CT molecular complexity index is 454. The summed E-state index contributed by atoms with van der Waals surface area (Å²) in [6.07, 6.45) is 3.34. The number of hydrogen-bond donors (Lipinski definition) is 0. The van der Waals surface area contributed by atoms with Crippen LogP contribution in [0.1, 0.15) is 54.4 Å². The lowest BCUT2D eigenvalue weighted by atomic mass is 9.98. The Balaban J connectivity index is 0.00000172. The van der Waals surface area contributed by atoms with Crippen LogP contribution in [0.2, 0.25) is 0 Å². The average molecular weight is 294 g/mol. The monoisotopic (exact) mass is 294 g/mol. The normalized spacial score (nSPS) is 14.4. The minimum absolute atomic E-state index is 0.000118. The first-order valence-corrected chi connectivity index (χ1v) is 7.80. The molecule has 20 heavy (non-hydrogen) atoms. The molecule has 2 nitrogen and oxygen atoms in total. The zero-order chi connectivity index (χ0) is 15.8. The van der Waals surface area contributed by atoms with Crippen LogP contribution >= 0.6 is 11.8 Å². The molecule has 112 valence electrons. The smallest absolute Gasteiger partial charge is 0.310 e. The lowest BCUT2D eigenvalue weighted by Crippen LogP contribution is -2.04. The Morgan fingerprint density at radius 1 is 1.40 bits per heavy atom. The van der Waals surface area contributed by atoms with Crippen LogP contribution in [0, 0.1) is 17.3 Å². The Hall–Kier alpha value is -1.14. The molecule has 0 unspecified atom stereocenters. The van der Waals surface area contributed by atoms with E-state index in [9.17, 15) is 4.79 Å². The summed E-state index contributed by atoms with van der Waals surface area (Å²) in [5.74, 6) is 6.21. The van der Waals surface area contributed by atoms with Gasteiger partial charge in [0.2, 0.25) is 0 Å². The summed E-state index contributed by atoms with van der Waals surface area (Å²) in [5.41, 5.74) is 1.23. The van der Waals surface area contributed by atoms with Crippen LogP contribution in [-0.2, 0) is 9.53 Å². The lowest BCUT2D eigenvalue weighted by molar-refractivity contribution is -0.139. The predicted molar refractivity (Wildman–Crippen MR) is 88.2 cm³/mol. The van der Waals surface area contributed by atoms with E-state index in [1.54, 1.807) is 11.8 Å². The summed E-state index contributed by atoms with van der Waals surface area (Å²) >= 11 is 1.59. The number of rotatable bonds is 2. The van der Waals surface area contributed by atoms with E-state index in [2.05, 4.69) is 45.6 Å². The summed E-state index contributed by atoms with van der Waals surface area (Å²) in [7, 11) is 1.42. The van der Waals surface area contributed by atoms with Crippen LogP contribution in [0.5, 0.6) is 0 Å². The van der Waals surface area contributed by atoms with Crippen molar-refractivity contribution < 1.29 is 9.53 Å². The quantitative estimate of drug-likeness (QED) is 0.534. The molecular formula is C17H26O2S. The Morgan fingerprint density at radius 3 is 2.50 bits per heavy atom. The molecule has 0 spiro atoms. The third-order valence-corrected chi connectivity index (χ3v) is 3.62. The van der Waals surface area contributed by atoms with Gasteiger partial charge in [-0.3, -0.25) is 4.79 Å². The molecule has 1 heterocycles. The number of thioether (sulfide) groups is 1. The van der Waals surface area contributed by atoms with E-state index in [1.807, 2.05) is 13.8 Å². The van der Waals surface area contributed by atoms with Crippen LogP contribution in [0.25, 0.3) is 0 Å². The molecular weight excluding hydrogens is 268 g/mol. The van der Waals surface area contributed by atoms with E-state index in [-0.39, 0.29) is 11.4 Å². The highest BCUT2D eigenvalue weighted by atomic mass is 32.2. The van der Waals surface area contributed by atoms with Gasteiger partial charge in [0, 0.05) is 10.3 Å². The Morgan fingerprint density at radius 2 is 2.00 bits per heavy atom. The first kappa shape index (κ1) is 18.9. The second-order valence-corrected chi connectivity index (χ2v) is 6.47. The number of carbonyl (C=O) groups is 1. The highest BCUT2D eigenvalue weighted by Gasteiger charge is 2.15. The fourth-order valence-corrected chi connectivity index (χ4v) is 2.32. The third-order valence-electron chi connectivity index (χ3n) is 2.40. The van der Waals surface area contributed by atoms with Gasteiger partial charge in [-0.05, 0) is 34.1 Å². The molecule has 3 heteroatoms. The van der Waals surface area contributed by atoms with Crippen LogP contribution < -0.4 is 0 Å². The SMILES string of the molecule is CC.COC(=O)CC1=C(C)CC=C(C#CC(C)(C)C)S1. The molecule has 0 saturated heterocycles. The molecule has 0 aromatic heterocycles. The molecule has 1 aliphatic heterocycles. The maximum absolute atomic E-state index is 11.3. The summed E-state index contributed by atoms with van der Waals surface area (Å²) < 4.78 is 4.71. The summed E-state index contributed by atoms with van der Waals surface area (Å²) in [6, 6.07) is 0. The van der Waals surface area contributed by atoms with Gasteiger partial charge in [-0.25, -0.2) is 0 Å². The molecule has 0 fully saturated rings. The number of ether oxygens (including phenoxy) is 1. The van der Waals surface area contributed by atoms with E-state index in [0.717, 1.165) is 16.2 Å². The molecule has 1 aliphatic rings. The summed E-state index contributed by atoms with van der Waals surface area (Å²) in [5, 5.41) is 0. The van der Waals surface area contributed by atoms with Gasteiger partial charge in [0.25, 0.3) is 0 Å². The molecule has 0 atom stereocenters. The maximum Gasteiger partial charge on any atom is 0.310 e. The van der Waals surface area contributed by atoms with Crippen LogP contribution in [0.3, 0.4) is 0 Å². The predicted octanol–water partition coefficient (Wildman–Crippen LogP) is 4.92. The van der Waals surface area contributed by atoms with Crippen molar-refractivity contribution in [2.75, 3.05) is 7.11 Å². The summed E-state index contributed by atoms with van der Waals surface area (Å²) in [4.78, 5) is 13.4. The van der Waals surface area contributed by atoms with Crippen molar-refractivity contribution in [2.45, 2.75) is 54.4 Å². The van der Waals surface area contributed by atoms with Gasteiger partial charge in [-0.2, -0.15) is 0 Å². The number of hydrogen-bond acceptors (Lipinski definition) is 3. The molecule has 0 aromatic carbocycles. The molecule has 0 aromatic rings. The average Bonchev–Trinajstić information content (AvgIpc) is 2.41. The number of carbonyl (C=O) groups excluding carboxylic acids is 1. The molecule has 0 bridgehead atoms. The van der Waals surface area contributed by atoms with Gasteiger partial charge in [-0.1, -0.05) is 49.1 Å². The van der Waals surface area contributed by atoms with Gasteiger partial charge in [0.1, 0.15) is 0 Å². The largest absolute Gasteiger partial charge is 0.469 e. The summed E-state index contributed by atoms with van der Waals surface area (Å²) in [6.45, 7) is 12.3. The first-order valence-electron chi connectivity index (χ1n) is 6.98. The number of methoxy groups -OCH3 is 1. The minimum Gasteiger partial charge on any atom is -0.469 e. The van der Waals surface area contributed by atoms with E-state index >= 15 is 0 Å². The Kier molecular flexibility index (Phi) is 8.41. The van der Waals surface area contributed by atoms with E-state index in [4.69, 9.17) is 4.74 Å². The second-order valence-electron chi connectivity index (χ2n) is 5.33. The molecule has 1 rings (SSSR count). The van der Waals surface area contributed by atoms with Crippen molar-refractivity contribution in [2.24, 2.45) is 5.41 Å². The highest BCUT2D eigenvalue weighted by Crippen LogP contribution is 2.36. The molecule has 0 radical (unpaired) electrons. The fourth-order valence-electron chi connectivity index (χ4n) is 1.34. The van der Waals surface area contributed by atoms with E-state index in [0.29, 0.717) is 6.42 Å². The standard InChI is InChI=1S/C15H20O2S.C2H6/c1-11-6-7-12(8-9-15(2,3)4)18-13(11)10-14(16)17-5;1-2/h7H,6,10H2,1-5H3;1-2H3. The van der Waals surface area contributed by atoms with Crippen molar-refractivity contribution in [1.29, 1.82) is 0 Å². The van der Waals surface area contributed by atoms with Gasteiger partial charge in [-0.15, -0.1) is 0 Å². The van der Waals surface area contributed by atoms with Crippen molar-refractivity contribution in [3.05, 3.63) is 21.5 Å². The molecule has 0 saturated carbocycles. The minimum atomic E-state index is -0.193. The topological polar surface area (TPSA) is 26.3 Å². The maximum atomic E-state index is 11.3. The van der Waals surface area contributed by atoms with Crippen molar-refractivity contribution >= 4 is 17.7 Å². The third kappa shape index (κ3) is 7.45. The number of allylic oxidation sites excluding steroid dienone is 3. The first-order chi connectivity index (χ1) is 9.31. The molecule has 0 aliphatic carbocycles. The highest BCUT2D eigenvalue weighted by molar-refractivity contribution is 8.07. The van der Waals surface area contributed by atoms with E-state index in [1.165, 1.54) is 12.7 Å². The zero-order valence-corrected chi connectivity index (χ0v) is 14.5. The van der Waals surface area contributed by atoms with Crippen LogP contribution in [0.4, 0.5) is 0 Å². The van der Waals surface area contributed by atoms with Crippen LogP contribution in [-0.4, -0.2) is 13.1 Å². The lowest BCUT2D eigenvalue weighted by Gasteiger charge is -2.15. The van der Waals surface area contributed by atoms with Crippen molar-refractivity contribution in [1.82, 2.24) is 0 Å². The number of esters is 1. The van der Waals surface area contributed by atoms with Gasteiger partial charge < -0.3 is 4.74 Å². The molecule has 0 N–H and O–H groups in total. The van der Waals surface area contributed by atoms with Gasteiger partial charge in [0.05, 0.1) is 18.4 Å². The molecule has 0 amide bonds. The van der Waals surface area contributed by atoms with Gasteiger partial charge in [0.15, 0.2) is 0 Å².